The summed E-state index contributed by atoms with van der Waals surface area (Å²) in [7, 11) is 0. The van der Waals surface area contributed by atoms with Crippen LogP contribution in [0, 0.1) is 0 Å². The number of nitrogens with one attached hydrogen (secondary N) is 1. The van der Waals surface area contributed by atoms with Gasteiger partial charge in [0.05, 0.1) is 18.3 Å². The van der Waals surface area contributed by atoms with Crippen LogP contribution < -0.4 is 16.0 Å². The number of anilines is 1. The van der Waals surface area contributed by atoms with E-state index in [1.165, 1.54) is 0 Å². The Balaban J connectivity index is 1.83. The lowest BCUT2D eigenvalue weighted by Crippen LogP contribution is -2.27. The minimum absolute atomic E-state index is 0.0785. The summed E-state index contributed by atoms with van der Waals surface area (Å²) in [6.07, 6.45) is 1.74. The Morgan fingerprint density at radius 1 is 1.30 bits per heavy atom. The fourth-order valence-corrected chi connectivity index (χ4v) is 2.36. The van der Waals surface area contributed by atoms with E-state index in [9.17, 15) is 4.79 Å². The van der Waals surface area contributed by atoms with Crippen molar-refractivity contribution in [1.82, 2.24) is 10.3 Å². The Hall–Kier alpha value is -2.40. The zero-order chi connectivity index (χ0) is 13.9. The van der Waals surface area contributed by atoms with Crippen molar-refractivity contribution < 1.29 is 4.79 Å². The van der Waals surface area contributed by atoms with Gasteiger partial charge in [0.25, 0.3) is 0 Å². The number of nitrogens with two attached hydrogens (primary N) is 1. The summed E-state index contributed by atoms with van der Waals surface area (Å²) >= 11 is 0. The molecule has 1 saturated heterocycles. The highest BCUT2D eigenvalue weighted by Crippen LogP contribution is 2.25. The van der Waals surface area contributed by atoms with Crippen LogP contribution in [0.5, 0.6) is 0 Å². The van der Waals surface area contributed by atoms with Crippen molar-refractivity contribution in [2.45, 2.75) is 12.6 Å². The van der Waals surface area contributed by atoms with Crippen LogP contribution in [0.15, 0.2) is 48.7 Å². The van der Waals surface area contributed by atoms with Crippen molar-refractivity contribution in [3.63, 3.8) is 0 Å². The average Bonchev–Trinajstić information content (AvgIpc) is 2.90. The molecule has 0 bridgehead atoms. The van der Waals surface area contributed by atoms with E-state index in [1.807, 2.05) is 42.5 Å². The first-order valence-electron chi connectivity index (χ1n) is 6.56. The minimum Gasteiger partial charge on any atom is -0.327 e. The molecular weight excluding hydrogens is 252 g/mol. The van der Waals surface area contributed by atoms with Crippen molar-refractivity contribution in [3.8, 4) is 0 Å². The number of nitrogens with zero attached hydrogens (tertiary/aromatic N) is 2. The number of carbonyl (C=O) groups is 1. The van der Waals surface area contributed by atoms with Crippen LogP contribution in [0.1, 0.15) is 17.3 Å². The second-order valence-electron chi connectivity index (χ2n) is 4.74. The highest BCUT2D eigenvalue weighted by atomic mass is 16.2. The molecule has 2 aromatic rings. The average molecular weight is 268 g/mol. The van der Waals surface area contributed by atoms with Gasteiger partial charge in [0.1, 0.15) is 0 Å². The van der Waals surface area contributed by atoms with Crippen molar-refractivity contribution in [2.75, 3.05) is 11.4 Å². The Labute approximate surface area is 117 Å². The molecule has 3 N–H and O–H groups in total. The fraction of sp³-hybridized carbons (Fsp3) is 0.200. The van der Waals surface area contributed by atoms with Gasteiger partial charge in [0, 0.05) is 18.4 Å². The van der Waals surface area contributed by atoms with Crippen LogP contribution >= 0.6 is 0 Å². The third-order valence-electron chi connectivity index (χ3n) is 3.41. The largest absolute Gasteiger partial charge is 0.327 e. The zero-order valence-electron chi connectivity index (χ0n) is 11.0. The molecule has 1 aromatic heterocycles. The van der Waals surface area contributed by atoms with Crippen LogP contribution in [-0.4, -0.2) is 17.6 Å². The van der Waals surface area contributed by atoms with Crippen LogP contribution in [-0.2, 0) is 6.54 Å². The Bertz CT molecular complexity index is 614. The van der Waals surface area contributed by atoms with Gasteiger partial charge in [-0.1, -0.05) is 18.2 Å². The third-order valence-corrected chi connectivity index (χ3v) is 3.41. The first-order chi connectivity index (χ1) is 9.78. The number of pyridine rings is 1. The summed E-state index contributed by atoms with van der Waals surface area (Å²) in [4.78, 5) is 18.1. The normalized spacial score (nSPS) is 18.1. The molecule has 5 heteroatoms. The van der Waals surface area contributed by atoms with Crippen molar-refractivity contribution in [1.29, 1.82) is 0 Å². The zero-order valence-corrected chi connectivity index (χ0v) is 11.0. The summed E-state index contributed by atoms with van der Waals surface area (Å²) in [5, 5.41) is 2.95. The van der Waals surface area contributed by atoms with E-state index >= 15 is 0 Å². The maximum absolute atomic E-state index is 12.1. The number of rotatable bonds is 3. The molecule has 1 fully saturated rings. The molecule has 1 aliphatic heterocycles. The molecule has 0 spiro atoms. The monoisotopic (exact) mass is 268 g/mol. The molecule has 0 radical (unpaired) electrons. The van der Waals surface area contributed by atoms with E-state index in [0.29, 0.717) is 13.1 Å². The molecule has 1 unspecified atom stereocenters. The van der Waals surface area contributed by atoms with Crippen molar-refractivity contribution in [2.24, 2.45) is 5.73 Å². The Kier molecular flexibility index (Phi) is 3.35. The van der Waals surface area contributed by atoms with E-state index in [4.69, 9.17) is 5.73 Å². The van der Waals surface area contributed by atoms with E-state index in [1.54, 1.807) is 11.1 Å². The first kappa shape index (κ1) is 12.6. The summed E-state index contributed by atoms with van der Waals surface area (Å²) in [5.74, 6) is 0. The summed E-state index contributed by atoms with van der Waals surface area (Å²) < 4.78 is 0. The molecule has 2 heterocycles. The maximum Gasteiger partial charge on any atom is 0.322 e. The maximum atomic E-state index is 12.1. The number of hydrogen-bond donors (Lipinski definition) is 2. The lowest BCUT2D eigenvalue weighted by Gasteiger charge is -2.15. The van der Waals surface area contributed by atoms with Gasteiger partial charge in [-0.05, 0) is 29.8 Å². The second-order valence-corrected chi connectivity index (χ2v) is 4.74. The Morgan fingerprint density at radius 3 is 2.95 bits per heavy atom. The SMILES string of the molecule is NCc1cccc(N2CC(c3ccccn3)NC2=O)c1. The number of amides is 2. The number of carbonyl (C=O) groups excluding carboxylic acids is 1. The highest BCUT2D eigenvalue weighted by molar-refractivity contribution is 5.94. The fourth-order valence-electron chi connectivity index (χ4n) is 2.36. The van der Waals surface area contributed by atoms with E-state index < -0.39 is 0 Å². The molecule has 1 atom stereocenters. The smallest absolute Gasteiger partial charge is 0.322 e. The molecular formula is C15H16N4O. The number of aromatic nitrogens is 1. The summed E-state index contributed by atoms with van der Waals surface area (Å²) in [5.41, 5.74) is 8.39. The van der Waals surface area contributed by atoms with Gasteiger partial charge in [0.15, 0.2) is 0 Å². The standard InChI is InChI=1S/C15H16N4O/c16-9-11-4-3-5-12(8-11)19-10-14(18-15(19)20)13-6-1-2-7-17-13/h1-8,14H,9-10,16H2,(H,18,20). The van der Waals surface area contributed by atoms with Gasteiger partial charge in [-0.3, -0.25) is 9.88 Å². The Morgan fingerprint density at radius 2 is 2.20 bits per heavy atom. The predicted octanol–water partition coefficient (Wildman–Crippen LogP) is 1.81. The van der Waals surface area contributed by atoms with E-state index in [0.717, 1.165) is 16.9 Å². The number of hydrogen-bond acceptors (Lipinski definition) is 3. The molecule has 102 valence electrons. The second kappa shape index (κ2) is 5.30. The molecule has 20 heavy (non-hydrogen) atoms. The molecule has 5 nitrogen and oxygen atoms in total. The van der Waals surface area contributed by atoms with Gasteiger partial charge in [-0.25, -0.2) is 4.79 Å². The molecule has 3 rings (SSSR count). The third kappa shape index (κ3) is 2.35. The molecule has 0 saturated carbocycles. The van der Waals surface area contributed by atoms with E-state index in [2.05, 4.69) is 10.3 Å². The van der Waals surface area contributed by atoms with Crippen LogP contribution in [0.3, 0.4) is 0 Å². The van der Waals surface area contributed by atoms with Crippen LogP contribution in [0.25, 0.3) is 0 Å². The predicted molar refractivity (Wildman–Crippen MR) is 77.2 cm³/mol. The number of benzene rings is 1. The molecule has 0 aliphatic carbocycles. The summed E-state index contributed by atoms with van der Waals surface area (Å²) in [6.45, 7) is 1.04. The molecule has 1 aromatic carbocycles. The quantitative estimate of drug-likeness (QED) is 0.891. The minimum atomic E-state index is -0.102. The van der Waals surface area contributed by atoms with Gasteiger partial charge in [-0.15, -0.1) is 0 Å². The lowest BCUT2D eigenvalue weighted by atomic mass is 10.1. The van der Waals surface area contributed by atoms with Crippen molar-refractivity contribution >= 4 is 11.7 Å². The van der Waals surface area contributed by atoms with Gasteiger partial charge in [0.2, 0.25) is 0 Å². The molecule has 1 aliphatic rings. The van der Waals surface area contributed by atoms with Gasteiger partial charge < -0.3 is 11.1 Å². The number of urea groups is 1. The van der Waals surface area contributed by atoms with E-state index in [-0.39, 0.29) is 12.1 Å². The first-order valence-corrected chi connectivity index (χ1v) is 6.56. The van der Waals surface area contributed by atoms with Crippen LogP contribution in [0.4, 0.5) is 10.5 Å². The summed E-state index contributed by atoms with van der Waals surface area (Å²) in [6, 6.07) is 13.3. The highest BCUT2D eigenvalue weighted by Gasteiger charge is 2.31. The topological polar surface area (TPSA) is 71.2 Å². The van der Waals surface area contributed by atoms with Crippen molar-refractivity contribution in [3.05, 3.63) is 59.9 Å². The lowest BCUT2D eigenvalue weighted by molar-refractivity contribution is 0.251. The van der Waals surface area contributed by atoms with Gasteiger partial charge >= 0.3 is 6.03 Å². The molecule has 2 amide bonds. The van der Waals surface area contributed by atoms with Gasteiger partial charge in [-0.2, -0.15) is 0 Å². The van der Waals surface area contributed by atoms with Crippen LogP contribution in [0.2, 0.25) is 0 Å².